The number of hydrogen-bond donors (Lipinski definition) is 2. The van der Waals surface area contributed by atoms with Crippen molar-refractivity contribution in [2.24, 2.45) is 0 Å². The van der Waals surface area contributed by atoms with Gasteiger partial charge in [0.1, 0.15) is 0 Å². The number of benzene rings is 2. The summed E-state index contributed by atoms with van der Waals surface area (Å²) in [7, 11) is 0. The average molecular weight is 392 g/mol. The SMILES string of the molecule is Cc1cccc(C(C)C)c1NC(=O)[C@H](C)OC(=O)c1cc(=O)[nH]c2ccccc12. The highest BCUT2D eigenvalue weighted by molar-refractivity contribution is 6.04. The summed E-state index contributed by atoms with van der Waals surface area (Å²) in [6.45, 7) is 7.52. The van der Waals surface area contributed by atoms with Crippen LogP contribution in [0, 0.1) is 6.92 Å². The molecule has 0 fully saturated rings. The number of fused-ring (bicyclic) bond motifs is 1. The van der Waals surface area contributed by atoms with Gasteiger partial charge in [-0.3, -0.25) is 9.59 Å². The van der Waals surface area contributed by atoms with Crippen molar-refractivity contribution in [3.05, 3.63) is 75.6 Å². The molecule has 6 heteroatoms. The minimum absolute atomic E-state index is 0.128. The van der Waals surface area contributed by atoms with Crippen molar-refractivity contribution in [1.29, 1.82) is 0 Å². The number of pyridine rings is 1. The lowest BCUT2D eigenvalue weighted by Gasteiger charge is -2.19. The summed E-state index contributed by atoms with van der Waals surface area (Å²) in [6.07, 6.45) is -1.03. The van der Waals surface area contributed by atoms with Crippen molar-refractivity contribution in [1.82, 2.24) is 4.98 Å². The molecule has 3 rings (SSSR count). The Morgan fingerprint density at radius 3 is 2.48 bits per heavy atom. The van der Waals surface area contributed by atoms with Crippen molar-refractivity contribution in [2.75, 3.05) is 5.32 Å². The van der Waals surface area contributed by atoms with Crippen LogP contribution in [-0.2, 0) is 9.53 Å². The largest absolute Gasteiger partial charge is 0.449 e. The number of aryl methyl sites for hydroxylation is 1. The highest BCUT2D eigenvalue weighted by Crippen LogP contribution is 2.27. The Balaban J connectivity index is 1.81. The number of nitrogens with one attached hydrogen (secondary N) is 2. The van der Waals surface area contributed by atoms with E-state index in [4.69, 9.17) is 4.74 Å². The average Bonchev–Trinajstić information content (AvgIpc) is 2.68. The van der Waals surface area contributed by atoms with Gasteiger partial charge < -0.3 is 15.0 Å². The van der Waals surface area contributed by atoms with Gasteiger partial charge in [-0.2, -0.15) is 0 Å². The number of rotatable bonds is 5. The highest BCUT2D eigenvalue weighted by Gasteiger charge is 2.22. The van der Waals surface area contributed by atoms with E-state index in [0.29, 0.717) is 10.9 Å². The van der Waals surface area contributed by atoms with E-state index in [2.05, 4.69) is 10.3 Å². The molecule has 0 saturated heterocycles. The predicted molar refractivity (Wildman–Crippen MR) is 113 cm³/mol. The van der Waals surface area contributed by atoms with E-state index in [1.807, 2.05) is 39.0 Å². The van der Waals surface area contributed by atoms with Crippen LogP contribution >= 0.6 is 0 Å². The number of anilines is 1. The zero-order chi connectivity index (χ0) is 21.1. The third-order valence-corrected chi connectivity index (χ3v) is 4.80. The molecule has 0 bridgehead atoms. The number of para-hydroxylation sites is 2. The van der Waals surface area contributed by atoms with Gasteiger partial charge in [0, 0.05) is 22.7 Å². The molecule has 1 amide bonds. The summed E-state index contributed by atoms with van der Waals surface area (Å²) in [5.41, 5.74) is 2.93. The molecule has 29 heavy (non-hydrogen) atoms. The van der Waals surface area contributed by atoms with Gasteiger partial charge in [-0.05, 0) is 37.0 Å². The van der Waals surface area contributed by atoms with Crippen molar-refractivity contribution < 1.29 is 14.3 Å². The van der Waals surface area contributed by atoms with Gasteiger partial charge in [0.2, 0.25) is 5.56 Å². The molecule has 6 nitrogen and oxygen atoms in total. The molecule has 0 aliphatic rings. The molecule has 3 aromatic rings. The number of H-pyrrole nitrogens is 1. The van der Waals surface area contributed by atoms with E-state index in [1.165, 1.54) is 13.0 Å². The molecule has 0 aliphatic carbocycles. The van der Waals surface area contributed by atoms with Crippen LogP contribution in [-0.4, -0.2) is 23.0 Å². The third-order valence-electron chi connectivity index (χ3n) is 4.80. The maximum atomic E-state index is 12.7. The maximum absolute atomic E-state index is 12.7. The van der Waals surface area contributed by atoms with Crippen LogP contribution in [0.4, 0.5) is 5.69 Å². The summed E-state index contributed by atoms with van der Waals surface area (Å²) in [4.78, 5) is 39.9. The molecule has 150 valence electrons. The van der Waals surface area contributed by atoms with Crippen molar-refractivity contribution in [3.8, 4) is 0 Å². The Hall–Kier alpha value is -3.41. The van der Waals surface area contributed by atoms with Crippen LogP contribution < -0.4 is 10.9 Å². The Bertz CT molecular complexity index is 1130. The number of carbonyl (C=O) groups excluding carboxylic acids is 2. The molecule has 0 spiro atoms. The van der Waals surface area contributed by atoms with E-state index < -0.39 is 23.5 Å². The van der Waals surface area contributed by atoms with E-state index in [-0.39, 0.29) is 11.5 Å². The fraction of sp³-hybridized carbons (Fsp3) is 0.261. The Morgan fingerprint density at radius 1 is 1.03 bits per heavy atom. The smallest absolute Gasteiger partial charge is 0.339 e. The van der Waals surface area contributed by atoms with Gasteiger partial charge in [-0.15, -0.1) is 0 Å². The quantitative estimate of drug-likeness (QED) is 0.639. The van der Waals surface area contributed by atoms with E-state index in [9.17, 15) is 14.4 Å². The van der Waals surface area contributed by atoms with Crippen LogP contribution in [0.1, 0.15) is 48.2 Å². The van der Waals surface area contributed by atoms with Crippen LogP contribution in [0.25, 0.3) is 10.9 Å². The first kappa shape index (κ1) is 20.3. The predicted octanol–water partition coefficient (Wildman–Crippen LogP) is 4.14. The molecule has 1 atom stereocenters. The van der Waals surface area contributed by atoms with E-state index in [0.717, 1.165) is 16.8 Å². The zero-order valence-electron chi connectivity index (χ0n) is 16.9. The molecule has 0 aliphatic heterocycles. The first-order chi connectivity index (χ1) is 13.8. The summed E-state index contributed by atoms with van der Waals surface area (Å²) >= 11 is 0. The summed E-state index contributed by atoms with van der Waals surface area (Å²) in [6, 6.07) is 14.0. The molecule has 0 unspecified atom stereocenters. The van der Waals surface area contributed by atoms with Gasteiger partial charge in [-0.25, -0.2) is 4.79 Å². The number of esters is 1. The number of hydrogen-bond acceptors (Lipinski definition) is 4. The van der Waals surface area contributed by atoms with E-state index in [1.54, 1.807) is 24.3 Å². The van der Waals surface area contributed by atoms with Gasteiger partial charge in [0.15, 0.2) is 6.10 Å². The lowest BCUT2D eigenvalue weighted by atomic mass is 9.98. The van der Waals surface area contributed by atoms with Crippen LogP contribution in [0.5, 0.6) is 0 Å². The van der Waals surface area contributed by atoms with Gasteiger partial charge in [0.25, 0.3) is 5.91 Å². The monoisotopic (exact) mass is 392 g/mol. The number of carbonyl (C=O) groups is 2. The lowest BCUT2D eigenvalue weighted by molar-refractivity contribution is -0.123. The first-order valence-electron chi connectivity index (χ1n) is 9.51. The Kier molecular flexibility index (Phi) is 5.82. The summed E-state index contributed by atoms with van der Waals surface area (Å²) < 4.78 is 5.37. The van der Waals surface area contributed by atoms with Crippen LogP contribution in [0.15, 0.2) is 53.3 Å². The second-order valence-electron chi connectivity index (χ2n) is 7.32. The maximum Gasteiger partial charge on any atom is 0.339 e. The first-order valence-corrected chi connectivity index (χ1v) is 9.51. The second-order valence-corrected chi connectivity index (χ2v) is 7.32. The van der Waals surface area contributed by atoms with Gasteiger partial charge in [0.05, 0.1) is 5.56 Å². The lowest BCUT2D eigenvalue weighted by Crippen LogP contribution is -2.31. The minimum atomic E-state index is -1.03. The molecule has 2 N–H and O–H groups in total. The second kappa shape index (κ2) is 8.31. The van der Waals surface area contributed by atoms with Crippen LogP contribution in [0.3, 0.4) is 0 Å². The topological polar surface area (TPSA) is 88.3 Å². The summed E-state index contributed by atoms with van der Waals surface area (Å²) in [5.74, 6) is -0.919. The molecular formula is C23H24N2O4. The highest BCUT2D eigenvalue weighted by atomic mass is 16.5. The van der Waals surface area contributed by atoms with Crippen molar-refractivity contribution in [2.45, 2.75) is 39.7 Å². The number of ether oxygens (including phenoxy) is 1. The fourth-order valence-electron chi connectivity index (χ4n) is 3.22. The van der Waals surface area contributed by atoms with E-state index >= 15 is 0 Å². The zero-order valence-corrected chi connectivity index (χ0v) is 16.9. The standard InChI is InChI=1S/C23H24N2O4/c1-13(2)16-10-7-8-14(3)21(16)25-22(27)15(4)29-23(28)18-12-20(26)24-19-11-6-5-9-17(18)19/h5-13,15H,1-4H3,(H,24,26)(H,25,27)/t15-/m0/s1. The normalized spacial score (nSPS) is 12.0. The Morgan fingerprint density at radius 2 is 1.76 bits per heavy atom. The van der Waals surface area contributed by atoms with Crippen molar-refractivity contribution in [3.63, 3.8) is 0 Å². The third kappa shape index (κ3) is 4.37. The molecular weight excluding hydrogens is 368 g/mol. The van der Waals surface area contributed by atoms with Crippen LogP contribution in [0.2, 0.25) is 0 Å². The molecule has 1 aromatic heterocycles. The molecule has 2 aromatic carbocycles. The van der Waals surface area contributed by atoms with Gasteiger partial charge >= 0.3 is 5.97 Å². The molecule has 0 radical (unpaired) electrons. The Labute approximate surface area is 168 Å². The number of amides is 1. The number of aromatic amines is 1. The minimum Gasteiger partial charge on any atom is -0.449 e. The summed E-state index contributed by atoms with van der Waals surface area (Å²) in [5, 5.41) is 3.44. The molecule has 1 heterocycles. The van der Waals surface area contributed by atoms with Crippen molar-refractivity contribution >= 4 is 28.5 Å². The molecule has 0 saturated carbocycles. The fourth-order valence-corrected chi connectivity index (χ4v) is 3.22. The van der Waals surface area contributed by atoms with Gasteiger partial charge in [-0.1, -0.05) is 50.2 Å². The number of aromatic nitrogens is 1.